The van der Waals surface area contributed by atoms with Crippen molar-refractivity contribution in [2.45, 2.75) is 51.6 Å². The van der Waals surface area contributed by atoms with Gasteiger partial charge in [0.25, 0.3) is 0 Å². The van der Waals surface area contributed by atoms with Gasteiger partial charge in [0.05, 0.1) is 0 Å². The molecule has 1 aliphatic carbocycles. The van der Waals surface area contributed by atoms with Crippen LogP contribution in [0.25, 0.3) is 0 Å². The zero-order valence-corrected chi connectivity index (χ0v) is 12.6. The molecule has 0 spiro atoms. The minimum Gasteiger partial charge on any atom is -0.340 e. The number of hydrogen-bond donors (Lipinski definition) is 1. The van der Waals surface area contributed by atoms with Crippen LogP contribution in [0.1, 0.15) is 39.5 Å². The lowest BCUT2D eigenvalue weighted by molar-refractivity contribution is -0.141. The van der Waals surface area contributed by atoms with Crippen molar-refractivity contribution in [2.75, 3.05) is 26.7 Å². The number of nitrogens with zero attached hydrogens (tertiary/aromatic N) is 2. The van der Waals surface area contributed by atoms with Gasteiger partial charge in [-0.1, -0.05) is 20.3 Å². The SMILES string of the molecule is CCC1CN(C(=O)C2CCCC(N)C2C)CCN1C. The van der Waals surface area contributed by atoms with Crippen LogP contribution in [0, 0.1) is 11.8 Å². The van der Waals surface area contributed by atoms with E-state index in [2.05, 4.69) is 30.7 Å². The highest BCUT2D eigenvalue weighted by Gasteiger charge is 2.36. The van der Waals surface area contributed by atoms with Crippen molar-refractivity contribution >= 4 is 5.91 Å². The molecule has 0 aromatic rings. The molecule has 2 rings (SSSR count). The maximum Gasteiger partial charge on any atom is 0.226 e. The minimum atomic E-state index is 0.157. The Morgan fingerprint density at radius 2 is 2.05 bits per heavy atom. The van der Waals surface area contributed by atoms with Crippen LogP contribution in [-0.2, 0) is 4.79 Å². The molecule has 4 atom stereocenters. The molecule has 1 heterocycles. The van der Waals surface area contributed by atoms with E-state index >= 15 is 0 Å². The molecule has 4 nitrogen and oxygen atoms in total. The fraction of sp³-hybridized carbons (Fsp3) is 0.933. The van der Waals surface area contributed by atoms with Gasteiger partial charge < -0.3 is 10.6 Å². The lowest BCUT2D eigenvalue weighted by atomic mass is 9.76. The first-order valence-corrected chi connectivity index (χ1v) is 7.79. The van der Waals surface area contributed by atoms with Gasteiger partial charge in [0.1, 0.15) is 0 Å². The van der Waals surface area contributed by atoms with E-state index in [0.29, 0.717) is 17.9 Å². The monoisotopic (exact) mass is 267 g/mol. The number of nitrogens with two attached hydrogens (primary N) is 1. The van der Waals surface area contributed by atoms with E-state index in [0.717, 1.165) is 45.3 Å². The summed E-state index contributed by atoms with van der Waals surface area (Å²) in [7, 11) is 2.16. The number of carbonyl (C=O) groups is 1. The van der Waals surface area contributed by atoms with Crippen LogP contribution in [0.15, 0.2) is 0 Å². The topological polar surface area (TPSA) is 49.6 Å². The molecule has 0 aromatic heterocycles. The van der Waals surface area contributed by atoms with Crippen LogP contribution >= 0.6 is 0 Å². The van der Waals surface area contributed by atoms with E-state index in [4.69, 9.17) is 5.73 Å². The molecule has 0 bridgehead atoms. The smallest absolute Gasteiger partial charge is 0.226 e. The number of hydrogen-bond acceptors (Lipinski definition) is 3. The summed E-state index contributed by atoms with van der Waals surface area (Å²) in [4.78, 5) is 17.2. The van der Waals surface area contributed by atoms with E-state index in [-0.39, 0.29) is 12.0 Å². The summed E-state index contributed by atoms with van der Waals surface area (Å²) in [6, 6.07) is 0.724. The molecule has 1 saturated carbocycles. The van der Waals surface area contributed by atoms with Crippen LogP contribution < -0.4 is 5.73 Å². The van der Waals surface area contributed by atoms with Crippen molar-refractivity contribution in [2.24, 2.45) is 17.6 Å². The highest BCUT2D eigenvalue weighted by molar-refractivity contribution is 5.79. The average Bonchev–Trinajstić information content (AvgIpc) is 2.41. The summed E-state index contributed by atoms with van der Waals surface area (Å²) in [5.41, 5.74) is 6.13. The highest BCUT2D eigenvalue weighted by atomic mass is 16.2. The summed E-state index contributed by atoms with van der Waals surface area (Å²) < 4.78 is 0. The molecule has 110 valence electrons. The van der Waals surface area contributed by atoms with E-state index < -0.39 is 0 Å². The molecular formula is C15H29N3O. The number of likely N-dealkylation sites (N-methyl/N-ethyl adjacent to an activating group) is 1. The zero-order valence-electron chi connectivity index (χ0n) is 12.6. The quantitative estimate of drug-likeness (QED) is 0.820. The predicted molar refractivity (Wildman–Crippen MR) is 77.8 cm³/mol. The van der Waals surface area contributed by atoms with Gasteiger partial charge in [-0.15, -0.1) is 0 Å². The second-order valence-electron chi connectivity index (χ2n) is 6.39. The summed E-state index contributed by atoms with van der Waals surface area (Å²) in [5.74, 6) is 0.847. The fourth-order valence-corrected chi connectivity index (χ4v) is 3.57. The lowest BCUT2D eigenvalue weighted by Gasteiger charge is -2.42. The summed E-state index contributed by atoms with van der Waals surface area (Å²) in [5, 5.41) is 0. The zero-order chi connectivity index (χ0) is 14.0. The van der Waals surface area contributed by atoms with E-state index in [9.17, 15) is 4.79 Å². The van der Waals surface area contributed by atoms with Gasteiger partial charge in [-0.2, -0.15) is 0 Å². The van der Waals surface area contributed by atoms with Crippen LogP contribution in [0.4, 0.5) is 0 Å². The van der Waals surface area contributed by atoms with Crippen LogP contribution in [0.3, 0.4) is 0 Å². The molecule has 4 unspecified atom stereocenters. The Morgan fingerprint density at radius 1 is 1.32 bits per heavy atom. The van der Waals surface area contributed by atoms with Crippen molar-refractivity contribution in [3.63, 3.8) is 0 Å². The van der Waals surface area contributed by atoms with Gasteiger partial charge in [0.2, 0.25) is 5.91 Å². The van der Waals surface area contributed by atoms with Gasteiger partial charge in [0, 0.05) is 37.6 Å². The second kappa shape index (κ2) is 6.23. The Kier molecular flexibility index (Phi) is 4.85. The van der Waals surface area contributed by atoms with Crippen molar-refractivity contribution in [3.8, 4) is 0 Å². The third-order valence-electron chi connectivity index (χ3n) is 5.24. The first kappa shape index (κ1) is 14.8. The van der Waals surface area contributed by atoms with Crippen molar-refractivity contribution in [3.05, 3.63) is 0 Å². The van der Waals surface area contributed by atoms with Gasteiger partial charge >= 0.3 is 0 Å². The molecule has 2 fully saturated rings. The maximum absolute atomic E-state index is 12.7. The summed E-state index contributed by atoms with van der Waals surface area (Å²) >= 11 is 0. The first-order chi connectivity index (χ1) is 9.04. The first-order valence-electron chi connectivity index (χ1n) is 7.79. The van der Waals surface area contributed by atoms with E-state index in [1.807, 2.05) is 0 Å². The van der Waals surface area contributed by atoms with Crippen LogP contribution in [0.5, 0.6) is 0 Å². The van der Waals surface area contributed by atoms with E-state index in [1.165, 1.54) is 0 Å². The van der Waals surface area contributed by atoms with Crippen molar-refractivity contribution in [1.29, 1.82) is 0 Å². The molecule has 1 amide bonds. The molecule has 1 aliphatic heterocycles. The normalized spacial score (nSPS) is 37.4. The van der Waals surface area contributed by atoms with Gasteiger partial charge in [0.15, 0.2) is 0 Å². The number of piperazine rings is 1. The number of amides is 1. The van der Waals surface area contributed by atoms with Gasteiger partial charge in [-0.25, -0.2) is 0 Å². The summed E-state index contributed by atoms with van der Waals surface area (Å²) in [6.07, 6.45) is 4.31. The average molecular weight is 267 g/mol. The molecule has 19 heavy (non-hydrogen) atoms. The standard InChI is InChI=1S/C15H29N3O/c1-4-12-10-18(9-8-17(12)3)15(19)13-6-5-7-14(16)11(13)2/h11-14H,4-10,16H2,1-3H3. The van der Waals surface area contributed by atoms with Gasteiger partial charge in [-0.05, 0) is 32.2 Å². The fourth-order valence-electron chi connectivity index (χ4n) is 3.57. The third kappa shape index (κ3) is 3.11. The van der Waals surface area contributed by atoms with Gasteiger partial charge in [-0.3, -0.25) is 9.69 Å². The Hall–Kier alpha value is -0.610. The second-order valence-corrected chi connectivity index (χ2v) is 6.39. The Labute approximate surface area is 117 Å². The summed E-state index contributed by atoms with van der Waals surface area (Å²) in [6.45, 7) is 7.13. The van der Waals surface area contributed by atoms with Crippen LogP contribution in [0.2, 0.25) is 0 Å². The number of rotatable bonds is 2. The lowest BCUT2D eigenvalue weighted by Crippen LogP contribution is -2.55. The molecule has 0 radical (unpaired) electrons. The molecular weight excluding hydrogens is 238 g/mol. The Bertz CT molecular complexity index is 321. The maximum atomic E-state index is 12.7. The molecule has 0 aromatic carbocycles. The van der Waals surface area contributed by atoms with Crippen LogP contribution in [-0.4, -0.2) is 54.5 Å². The molecule has 1 saturated heterocycles. The van der Waals surface area contributed by atoms with Crippen molar-refractivity contribution < 1.29 is 4.79 Å². The molecule has 2 aliphatic rings. The molecule has 4 heteroatoms. The van der Waals surface area contributed by atoms with E-state index in [1.54, 1.807) is 0 Å². The molecule has 2 N–H and O–H groups in total. The largest absolute Gasteiger partial charge is 0.340 e. The number of carbonyl (C=O) groups excluding carboxylic acids is 1. The predicted octanol–water partition coefficient (Wildman–Crippen LogP) is 1.30. The van der Waals surface area contributed by atoms with Crippen molar-refractivity contribution in [1.82, 2.24) is 9.80 Å². The minimum absolute atomic E-state index is 0.157. The highest BCUT2D eigenvalue weighted by Crippen LogP contribution is 2.31. The Balaban J connectivity index is 1.99. The third-order valence-corrected chi connectivity index (χ3v) is 5.24. The Morgan fingerprint density at radius 3 is 2.74 bits per heavy atom.